The molecule has 0 radical (unpaired) electrons. The highest BCUT2D eigenvalue weighted by molar-refractivity contribution is 7.99. The van der Waals surface area contributed by atoms with E-state index in [1.165, 1.54) is 11.8 Å². The fourth-order valence-electron chi connectivity index (χ4n) is 0.823. The number of ether oxygens (including phenoxy) is 1. The Morgan fingerprint density at radius 1 is 1.67 bits per heavy atom. The molecule has 2 N–H and O–H groups in total. The van der Waals surface area contributed by atoms with Crippen LogP contribution in [0, 0.1) is 0 Å². The molecule has 5 nitrogen and oxygen atoms in total. The van der Waals surface area contributed by atoms with Crippen LogP contribution in [-0.4, -0.2) is 28.3 Å². The first-order valence-corrected chi connectivity index (χ1v) is 5.56. The summed E-state index contributed by atoms with van der Waals surface area (Å²) < 4.78 is 4.76. The second-order valence-electron chi connectivity index (χ2n) is 2.48. The van der Waals surface area contributed by atoms with Gasteiger partial charge in [-0.1, -0.05) is 23.4 Å². The third-order valence-electron chi connectivity index (χ3n) is 1.33. The molecule has 0 aliphatic rings. The van der Waals surface area contributed by atoms with Crippen molar-refractivity contribution in [2.45, 2.75) is 11.9 Å². The molecule has 82 valence electrons. The third kappa shape index (κ3) is 4.35. The van der Waals surface area contributed by atoms with Crippen LogP contribution in [0.15, 0.2) is 11.1 Å². The van der Waals surface area contributed by atoms with Gasteiger partial charge in [-0.25, -0.2) is 9.97 Å². The average molecular weight is 248 g/mol. The Morgan fingerprint density at radius 2 is 2.40 bits per heavy atom. The van der Waals surface area contributed by atoms with E-state index in [0.29, 0.717) is 11.6 Å². The Kier molecular flexibility index (Phi) is 4.64. The average Bonchev–Trinajstić information content (AvgIpc) is 2.14. The van der Waals surface area contributed by atoms with Crippen molar-refractivity contribution in [2.75, 3.05) is 18.1 Å². The summed E-state index contributed by atoms with van der Waals surface area (Å²) in [5.74, 6) is -0.0228. The summed E-state index contributed by atoms with van der Waals surface area (Å²) in [5.41, 5.74) is 5.39. The lowest BCUT2D eigenvalue weighted by atomic mass is 10.7. The summed E-state index contributed by atoms with van der Waals surface area (Å²) in [6.45, 7) is 2.12. The van der Waals surface area contributed by atoms with Gasteiger partial charge in [0.25, 0.3) is 0 Å². The molecule has 0 aliphatic heterocycles. The number of halogens is 1. The van der Waals surface area contributed by atoms with Crippen molar-refractivity contribution in [1.82, 2.24) is 9.97 Å². The number of hydrogen-bond donors (Lipinski definition) is 1. The zero-order valence-corrected chi connectivity index (χ0v) is 9.64. The molecule has 0 bridgehead atoms. The Balaban J connectivity index is 2.54. The first-order valence-electron chi connectivity index (χ1n) is 4.20. The van der Waals surface area contributed by atoms with E-state index in [-0.39, 0.29) is 22.8 Å². The maximum atomic E-state index is 11.0. The van der Waals surface area contributed by atoms with Crippen LogP contribution in [0.1, 0.15) is 6.92 Å². The minimum Gasteiger partial charge on any atom is -0.465 e. The van der Waals surface area contributed by atoms with Gasteiger partial charge in [-0.05, 0) is 6.92 Å². The van der Waals surface area contributed by atoms with E-state index >= 15 is 0 Å². The van der Waals surface area contributed by atoms with Gasteiger partial charge in [-0.3, -0.25) is 4.79 Å². The first-order chi connectivity index (χ1) is 7.11. The molecule has 1 aromatic heterocycles. The van der Waals surface area contributed by atoms with E-state index < -0.39 is 0 Å². The number of anilines is 1. The van der Waals surface area contributed by atoms with E-state index in [2.05, 4.69) is 9.97 Å². The second-order valence-corrected chi connectivity index (χ2v) is 3.86. The van der Waals surface area contributed by atoms with Gasteiger partial charge in [0.05, 0.1) is 12.4 Å². The van der Waals surface area contributed by atoms with Gasteiger partial charge in [0.15, 0.2) is 0 Å². The summed E-state index contributed by atoms with van der Waals surface area (Å²) in [5, 5.41) is 0.814. The minimum atomic E-state index is -0.296. The topological polar surface area (TPSA) is 78.1 Å². The van der Waals surface area contributed by atoms with Gasteiger partial charge < -0.3 is 10.5 Å². The Morgan fingerprint density at radius 3 is 3.00 bits per heavy atom. The molecule has 0 aliphatic carbocycles. The van der Waals surface area contributed by atoms with Crippen molar-refractivity contribution in [1.29, 1.82) is 0 Å². The van der Waals surface area contributed by atoms with Gasteiger partial charge in [-0.15, -0.1) is 0 Å². The highest BCUT2D eigenvalue weighted by Gasteiger charge is 2.06. The fourth-order valence-corrected chi connectivity index (χ4v) is 1.78. The molecule has 7 heteroatoms. The van der Waals surface area contributed by atoms with Crippen LogP contribution < -0.4 is 5.73 Å². The number of nitrogen functional groups attached to an aromatic ring is 1. The molecular formula is C8H10ClN3O2S. The van der Waals surface area contributed by atoms with Crippen molar-refractivity contribution in [2.24, 2.45) is 0 Å². The van der Waals surface area contributed by atoms with Gasteiger partial charge in [0, 0.05) is 6.07 Å². The summed E-state index contributed by atoms with van der Waals surface area (Å²) in [6.07, 6.45) is 0. The minimum absolute atomic E-state index is 0.0915. The van der Waals surface area contributed by atoms with E-state index in [9.17, 15) is 4.79 Å². The van der Waals surface area contributed by atoms with E-state index in [0.717, 1.165) is 0 Å². The number of carbonyl (C=O) groups is 1. The van der Waals surface area contributed by atoms with Crippen LogP contribution in [-0.2, 0) is 9.53 Å². The molecule has 0 aromatic carbocycles. The molecule has 0 unspecified atom stereocenters. The summed E-state index contributed by atoms with van der Waals surface area (Å²) in [6, 6.07) is 1.54. The molecule has 0 atom stereocenters. The molecule has 0 fully saturated rings. The summed E-state index contributed by atoms with van der Waals surface area (Å²) in [7, 11) is 0. The number of carbonyl (C=O) groups excluding carboxylic acids is 1. The lowest BCUT2D eigenvalue weighted by Gasteiger charge is -2.02. The van der Waals surface area contributed by atoms with Gasteiger partial charge in [0.1, 0.15) is 10.2 Å². The molecule has 1 rings (SSSR count). The highest BCUT2D eigenvalue weighted by atomic mass is 35.5. The number of rotatable bonds is 4. The van der Waals surface area contributed by atoms with Crippen molar-refractivity contribution < 1.29 is 9.53 Å². The van der Waals surface area contributed by atoms with Crippen LogP contribution in [0.3, 0.4) is 0 Å². The number of thioether (sulfide) groups is 1. The number of hydrogen-bond acceptors (Lipinski definition) is 6. The fraction of sp³-hybridized carbons (Fsp3) is 0.375. The molecule has 0 spiro atoms. The Bertz CT molecular complexity index is 341. The third-order valence-corrected chi connectivity index (χ3v) is 2.41. The van der Waals surface area contributed by atoms with E-state index in [1.807, 2.05) is 0 Å². The van der Waals surface area contributed by atoms with Crippen molar-refractivity contribution in [3.05, 3.63) is 11.2 Å². The zero-order valence-electron chi connectivity index (χ0n) is 8.07. The van der Waals surface area contributed by atoms with Gasteiger partial charge in [0.2, 0.25) is 5.95 Å². The van der Waals surface area contributed by atoms with Crippen molar-refractivity contribution in [3.8, 4) is 0 Å². The largest absolute Gasteiger partial charge is 0.465 e. The number of nitrogens with two attached hydrogens (primary N) is 1. The summed E-state index contributed by atoms with van der Waals surface area (Å²) in [4.78, 5) is 18.6. The molecule has 0 amide bonds. The first kappa shape index (κ1) is 12.1. The standard InChI is InChI=1S/C8H10ClN3O2S/c1-2-14-7(13)4-15-6-3-5(9)11-8(10)12-6/h3H,2,4H2,1H3,(H2,10,11,12). The second kappa shape index (κ2) is 5.77. The summed E-state index contributed by atoms with van der Waals surface area (Å²) >= 11 is 6.87. The lowest BCUT2D eigenvalue weighted by Crippen LogP contribution is -2.07. The zero-order chi connectivity index (χ0) is 11.3. The number of nitrogens with zero attached hydrogens (tertiary/aromatic N) is 2. The van der Waals surface area contributed by atoms with Gasteiger partial charge in [-0.2, -0.15) is 0 Å². The molecule has 0 saturated carbocycles. The van der Waals surface area contributed by atoms with E-state index in [1.54, 1.807) is 13.0 Å². The normalized spacial score (nSPS) is 10.0. The van der Waals surface area contributed by atoms with Crippen LogP contribution in [0.5, 0.6) is 0 Å². The van der Waals surface area contributed by atoms with Crippen molar-refractivity contribution in [3.63, 3.8) is 0 Å². The quantitative estimate of drug-likeness (QED) is 0.492. The monoisotopic (exact) mass is 247 g/mol. The number of aromatic nitrogens is 2. The lowest BCUT2D eigenvalue weighted by molar-refractivity contribution is -0.139. The van der Waals surface area contributed by atoms with Crippen LogP contribution in [0.4, 0.5) is 5.95 Å². The highest BCUT2D eigenvalue weighted by Crippen LogP contribution is 2.19. The maximum Gasteiger partial charge on any atom is 0.316 e. The molecule has 1 heterocycles. The molecule has 1 aromatic rings. The molecule has 15 heavy (non-hydrogen) atoms. The number of esters is 1. The Hall–Kier alpha value is -1.01. The maximum absolute atomic E-state index is 11.0. The predicted molar refractivity (Wildman–Crippen MR) is 58.8 cm³/mol. The van der Waals surface area contributed by atoms with Gasteiger partial charge >= 0.3 is 5.97 Å². The predicted octanol–water partition coefficient (Wildman–Crippen LogP) is 1.37. The Labute approximate surface area is 96.4 Å². The molecular weight excluding hydrogens is 238 g/mol. The SMILES string of the molecule is CCOC(=O)CSc1cc(Cl)nc(N)n1. The van der Waals surface area contributed by atoms with E-state index in [4.69, 9.17) is 22.1 Å². The molecule has 0 saturated heterocycles. The van der Waals surface area contributed by atoms with Crippen LogP contribution in [0.2, 0.25) is 5.15 Å². The smallest absolute Gasteiger partial charge is 0.316 e. The van der Waals surface area contributed by atoms with Crippen LogP contribution >= 0.6 is 23.4 Å². The van der Waals surface area contributed by atoms with Crippen LogP contribution in [0.25, 0.3) is 0 Å². The van der Waals surface area contributed by atoms with Crippen molar-refractivity contribution >= 4 is 35.3 Å².